The monoisotopic (exact) mass is 355 g/mol. The lowest BCUT2D eigenvalue weighted by atomic mass is 10.1. The summed E-state index contributed by atoms with van der Waals surface area (Å²) in [6, 6.07) is 7.19. The second-order valence-corrected chi connectivity index (χ2v) is 6.62. The number of ether oxygens (including phenoxy) is 1. The van der Waals surface area contributed by atoms with Gasteiger partial charge >= 0.3 is 0 Å². The third kappa shape index (κ3) is 3.05. The van der Waals surface area contributed by atoms with Crippen LogP contribution in [0, 0.1) is 0 Å². The number of carbonyl (C=O) groups excluding carboxylic acids is 2. The highest BCUT2D eigenvalue weighted by atomic mass is 16.5. The highest BCUT2D eigenvalue weighted by Crippen LogP contribution is 2.41. The minimum absolute atomic E-state index is 0.0744. The third-order valence-corrected chi connectivity index (χ3v) is 4.94. The Morgan fingerprint density at radius 1 is 1.08 bits per heavy atom. The molecular weight excluding hydrogens is 334 g/mol. The molecule has 2 aliphatic rings. The number of hydrogen-bond donors (Lipinski definition) is 0. The Labute approximate surface area is 151 Å². The molecule has 4 rings (SSSR count). The van der Waals surface area contributed by atoms with Gasteiger partial charge in [0.15, 0.2) is 12.1 Å². The van der Waals surface area contributed by atoms with Crippen LogP contribution in [0.2, 0.25) is 0 Å². The van der Waals surface area contributed by atoms with Crippen LogP contribution in [0.5, 0.6) is 5.75 Å². The van der Waals surface area contributed by atoms with Gasteiger partial charge in [0.25, 0.3) is 11.8 Å². The highest BCUT2D eigenvalue weighted by molar-refractivity contribution is 5.97. The molecule has 2 amide bonds. The van der Waals surface area contributed by atoms with Crippen molar-refractivity contribution in [2.45, 2.75) is 18.8 Å². The van der Waals surface area contributed by atoms with Gasteiger partial charge in [-0.2, -0.15) is 0 Å². The molecule has 1 aliphatic carbocycles. The van der Waals surface area contributed by atoms with Gasteiger partial charge in [-0.3, -0.25) is 9.59 Å². The number of rotatable bonds is 4. The van der Waals surface area contributed by atoms with Gasteiger partial charge in [-0.15, -0.1) is 0 Å². The van der Waals surface area contributed by atoms with E-state index in [1.165, 1.54) is 6.39 Å². The number of hydrogen-bond acceptors (Lipinski definition) is 5. The van der Waals surface area contributed by atoms with E-state index >= 15 is 0 Å². The second-order valence-electron chi connectivity index (χ2n) is 6.62. The number of aromatic nitrogens is 1. The van der Waals surface area contributed by atoms with Crippen LogP contribution < -0.4 is 4.74 Å². The van der Waals surface area contributed by atoms with Crippen LogP contribution >= 0.6 is 0 Å². The summed E-state index contributed by atoms with van der Waals surface area (Å²) in [5, 5.41) is 0. The van der Waals surface area contributed by atoms with E-state index in [0.29, 0.717) is 54.9 Å². The summed E-state index contributed by atoms with van der Waals surface area (Å²) in [4.78, 5) is 33.1. The first-order valence-electron chi connectivity index (χ1n) is 8.84. The van der Waals surface area contributed by atoms with Crippen molar-refractivity contribution < 1.29 is 18.7 Å². The molecule has 136 valence electrons. The van der Waals surface area contributed by atoms with Crippen molar-refractivity contribution in [3.05, 3.63) is 47.7 Å². The summed E-state index contributed by atoms with van der Waals surface area (Å²) >= 11 is 0. The number of nitrogens with zero attached hydrogens (tertiary/aromatic N) is 3. The van der Waals surface area contributed by atoms with E-state index in [2.05, 4.69) is 4.98 Å². The molecule has 2 fully saturated rings. The molecule has 26 heavy (non-hydrogen) atoms. The minimum atomic E-state index is -0.106. The van der Waals surface area contributed by atoms with E-state index in [-0.39, 0.29) is 11.8 Å². The predicted molar refractivity (Wildman–Crippen MR) is 93.3 cm³/mol. The summed E-state index contributed by atoms with van der Waals surface area (Å²) in [6.07, 6.45) is 3.45. The van der Waals surface area contributed by atoms with E-state index in [0.717, 1.165) is 12.8 Å². The van der Waals surface area contributed by atoms with Gasteiger partial charge in [-0.05, 0) is 25.0 Å². The molecule has 1 saturated heterocycles. The smallest absolute Gasteiger partial charge is 0.276 e. The van der Waals surface area contributed by atoms with E-state index in [1.807, 2.05) is 12.1 Å². The van der Waals surface area contributed by atoms with Gasteiger partial charge in [-0.1, -0.05) is 12.1 Å². The standard InChI is InChI=1S/C19H21N3O4/c1-25-15-5-3-2-4-14(15)18(23)21-8-10-22(11-9-21)19(24)16-17(13-6-7-13)26-12-20-16/h2-5,12-13H,6-11H2,1H3. The van der Waals surface area contributed by atoms with Crippen molar-refractivity contribution >= 4 is 11.8 Å². The maximum Gasteiger partial charge on any atom is 0.276 e. The van der Waals surface area contributed by atoms with Crippen molar-refractivity contribution in [2.75, 3.05) is 33.3 Å². The molecule has 0 N–H and O–H groups in total. The van der Waals surface area contributed by atoms with Crippen molar-refractivity contribution in [3.63, 3.8) is 0 Å². The van der Waals surface area contributed by atoms with E-state index in [9.17, 15) is 9.59 Å². The average molecular weight is 355 g/mol. The summed E-state index contributed by atoms with van der Waals surface area (Å²) in [7, 11) is 1.55. The zero-order valence-electron chi connectivity index (χ0n) is 14.7. The molecule has 2 aromatic rings. The molecular formula is C19H21N3O4. The molecule has 1 aromatic heterocycles. The molecule has 0 unspecified atom stereocenters. The minimum Gasteiger partial charge on any atom is -0.496 e. The van der Waals surface area contributed by atoms with Crippen LogP contribution in [-0.4, -0.2) is 59.9 Å². The lowest BCUT2D eigenvalue weighted by Gasteiger charge is -2.34. The fourth-order valence-electron chi connectivity index (χ4n) is 3.31. The van der Waals surface area contributed by atoms with Crippen molar-refractivity contribution in [3.8, 4) is 5.75 Å². The molecule has 0 spiro atoms. The molecule has 0 bridgehead atoms. The van der Waals surface area contributed by atoms with Gasteiger partial charge in [0, 0.05) is 32.1 Å². The maximum absolute atomic E-state index is 12.8. The third-order valence-electron chi connectivity index (χ3n) is 4.94. The highest BCUT2D eigenvalue weighted by Gasteiger charge is 2.35. The van der Waals surface area contributed by atoms with E-state index in [4.69, 9.17) is 9.15 Å². The van der Waals surface area contributed by atoms with E-state index in [1.54, 1.807) is 29.0 Å². The first-order chi connectivity index (χ1) is 12.7. The Hall–Kier alpha value is -2.83. The molecule has 7 nitrogen and oxygen atoms in total. The fourth-order valence-corrected chi connectivity index (χ4v) is 3.31. The van der Waals surface area contributed by atoms with Gasteiger partial charge in [0.1, 0.15) is 11.5 Å². The van der Waals surface area contributed by atoms with Crippen molar-refractivity contribution in [2.24, 2.45) is 0 Å². The molecule has 1 aliphatic heterocycles. The molecule has 0 atom stereocenters. The van der Waals surface area contributed by atoms with Gasteiger partial charge in [0.05, 0.1) is 12.7 Å². The Morgan fingerprint density at radius 3 is 2.38 bits per heavy atom. The molecule has 1 saturated carbocycles. The van der Waals surface area contributed by atoms with E-state index < -0.39 is 0 Å². The number of benzene rings is 1. The van der Waals surface area contributed by atoms with Crippen LogP contribution in [0.15, 0.2) is 35.1 Å². The van der Waals surface area contributed by atoms with Crippen LogP contribution in [0.25, 0.3) is 0 Å². The Morgan fingerprint density at radius 2 is 1.73 bits per heavy atom. The number of methoxy groups -OCH3 is 1. The number of amides is 2. The summed E-state index contributed by atoms with van der Waals surface area (Å²) in [6.45, 7) is 1.94. The van der Waals surface area contributed by atoms with Crippen LogP contribution in [-0.2, 0) is 0 Å². The summed E-state index contributed by atoms with van der Waals surface area (Å²) in [5.74, 6) is 1.43. The zero-order valence-corrected chi connectivity index (χ0v) is 14.7. The topological polar surface area (TPSA) is 75.9 Å². The number of oxazole rings is 1. The normalized spacial score (nSPS) is 17.3. The Balaban J connectivity index is 1.41. The van der Waals surface area contributed by atoms with Gasteiger partial charge in [-0.25, -0.2) is 4.98 Å². The predicted octanol–water partition coefficient (Wildman–Crippen LogP) is 2.16. The Kier molecular flexibility index (Phi) is 4.36. The van der Waals surface area contributed by atoms with Gasteiger partial charge < -0.3 is 19.0 Å². The lowest BCUT2D eigenvalue weighted by Crippen LogP contribution is -2.50. The number of para-hydroxylation sites is 1. The number of piperazine rings is 1. The first-order valence-corrected chi connectivity index (χ1v) is 8.84. The molecule has 7 heteroatoms. The molecule has 0 radical (unpaired) electrons. The largest absolute Gasteiger partial charge is 0.496 e. The van der Waals surface area contributed by atoms with Crippen molar-refractivity contribution in [1.82, 2.24) is 14.8 Å². The zero-order chi connectivity index (χ0) is 18.1. The number of carbonyl (C=O) groups is 2. The van der Waals surface area contributed by atoms with Crippen LogP contribution in [0.3, 0.4) is 0 Å². The first kappa shape index (κ1) is 16.6. The van der Waals surface area contributed by atoms with Crippen molar-refractivity contribution in [1.29, 1.82) is 0 Å². The SMILES string of the molecule is COc1ccccc1C(=O)N1CCN(C(=O)c2ncoc2C2CC2)CC1. The Bertz CT molecular complexity index is 820. The quantitative estimate of drug-likeness (QED) is 0.840. The van der Waals surface area contributed by atoms with Crippen LogP contribution in [0.1, 0.15) is 45.4 Å². The average Bonchev–Trinajstić information content (AvgIpc) is 3.43. The fraction of sp³-hybridized carbons (Fsp3) is 0.421. The van der Waals surface area contributed by atoms with Gasteiger partial charge in [0.2, 0.25) is 0 Å². The second kappa shape index (κ2) is 6.82. The maximum atomic E-state index is 12.8. The molecule has 2 heterocycles. The summed E-state index contributed by atoms with van der Waals surface area (Å²) in [5.41, 5.74) is 0.972. The summed E-state index contributed by atoms with van der Waals surface area (Å²) < 4.78 is 10.7. The van der Waals surface area contributed by atoms with Crippen LogP contribution in [0.4, 0.5) is 0 Å². The molecule has 1 aromatic carbocycles. The lowest BCUT2D eigenvalue weighted by molar-refractivity contribution is 0.0529.